The summed E-state index contributed by atoms with van der Waals surface area (Å²) >= 11 is 1.52. The third-order valence-electron chi connectivity index (χ3n) is 3.55. The van der Waals surface area contributed by atoms with Gasteiger partial charge in [0, 0.05) is 16.5 Å². The molecule has 0 amide bonds. The Balaban J connectivity index is 1.51. The van der Waals surface area contributed by atoms with Crippen LogP contribution in [-0.2, 0) is 22.5 Å². The molecule has 0 radical (unpaired) electrons. The minimum atomic E-state index is -0.590. The van der Waals surface area contributed by atoms with E-state index in [1.807, 2.05) is 35.9 Å². The van der Waals surface area contributed by atoms with E-state index in [-0.39, 0.29) is 18.9 Å². The van der Waals surface area contributed by atoms with Crippen molar-refractivity contribution in [2.24, 2.45) is 0 Å². The number of thiophene rings is 1. The average molecular weight is 356 g/mol. The highest BCUT2D eigenvalue weighted by Crippen LogP contribution is 2.16. The monoisotopic (exact) mass is 356 g/mol. The van der Waals surface area contributed by atoms with Crippen molar-refractivity contribution in [1.82, 2.24) is 20.2 Å². The van der Waals surface area contributed by atoms with Gasteiger partial charge in [0.25, 0.3) is 0 Å². The smallest absolute Gasteiger partial charge is 0.330 e. The maximum absolute atomic E-state index is 12.0. The van der Waals surface area contributed by atoms with E-state index in [0.29, 0.717) is 11.4 Å². The lowest BCUT2D eigenvalue weighted by atomic mass is 10.1. The molecule has 0 aliphatic rings. The van der Waals surface area contributed by atoms with Crippen LogP contribution < -0.4 is 0 Å². The number of aromatic nitrogens is 4. The zero-order valence-corrected chi connectivity index (χ0v) is 14.4. The molecule has 8 heteroatoms. The number of Topliss-reactive ketones (excluding diaryl/α,β-unsaturated/α-hetero) is 1. The summed E-state index contributed by atoms with van der Waals surface area (Å²) < 4.78 is 5.00. The topological polar surface area (TPSA) is 87.0 Å². The Morgan fingerprint density at radius 3 is 2.68 bits per heavy atom. The van der Waals surface area contributed by atoms with Crippen molar-refractivity contribution in [3.05, 3.63) is 52.2 Å². The molecule has 3 rings (SSSR count). The van der Waals surface area contributed by atoms with Crippen molar-refractivity contribution in [2.75, 3.05) is 6.61 Å². The highest BCUT2D eigenvalue weighted by molar-refractivity contribution is 7.08. The Kier molecular flexibility index (Phi) is 5.30. The Morgan fingerprint density at radius 1 is 1.20 bits per heavy atom. The first-order valence-electron chi connectivity index (χ1n) is 7.74. The second-order valence-corrected chi connectivity index (χ2v) is 6.07. The minimum Gasteiger partial charge on any atom is -0.456 e. The lowest BCUT2D eigenvalue weighted by Crippen LogP contribution is -2.19. The van der Waals surface area contributed by atoms with Crippen LogP contribution in [0.3, 0.4) is 0 Å². The second kappa shape index (κ2) is 7.80. The van der Waals surface area contributed by atoms with E-state index in [4.69, 9.17) is 4.74 Å². The van der Waals surface area contributed by atoms with Crippen LogP contribution >= 0.6 is 11.3 Å². The predicted octanol–water partition coefficient (Wildman–Crippen LogP) is 2.39. The Bertz CT molecular complexity index is 856. The van der Waals surface area contributed by atoms with Gasteiger partial charge in [-0.05, 0) is 28.6 Å². The van der Waals surface area contributed by atoms with Crippen LogP contribution in [0.2, 0.25) is 0 Å². The molecule has 0 saturated heterocycles. The van der Waals surface area contributed by atoms with Crippen molar-refractivity contribution < 1.29 is 14.3 Å². The van der Waals surface area contributed by atoms with Gasteiger partial charge in [-0.3, -0.25) is 4.79 Å². The third-order valence-corrected chi connectivity index (χ3v) is 4.23. The Morgan fingerprint density at radius 2 is 2.00 bits per heavy atom. The van der Waals surface area contributed by atoms with Crippen LogP contribution in [-0.4, -0.2) is 38.6 Å². The summed E-state index contributed by atoms with van der Waals surface area (Å²) in [7, 11) is 0. The van der Waals surface area contributed by atoms with Gasteiger partial charge in [-0.25, -0.2) is 4.79 Å². The van der Waals surface area contributed by atoms with E-state index in [1.165, 1.54) is 11.3 Å². The number of aryl methyl sites for hydroxylation is 1. The van der Waals surface area contributed by atoms with E-state index in [9.17, 15) is 9.59 Å². The molecule has 0 bridgehead atoms. The minimum absolute atomic E-state index is 0.195. The number of carbonyl (C=O) groups excluding carboxylic acids is 2. The molecule has 0 unspecified atom stereocenters. The molecule has 0 aliphatic carbocycles. The van der Waals surface area contributed by atoms with Crippen LogP contribution in [0.25, 0.3) is 11.4 Å². The summed E-state index contributed by atoms with van der Waals surface area (Å²) in [4.78, 5) is 25.0. The average Bonchev–Trinajstić information content (AvgIpc) is 3.31. The summed E-state index contributed by atoms with van der Waals surface area (Å²) in [6.45, 7) is 1.54. The molecule has 0 aliphatic heterocycles. The first-order valence-corrected chi connectivity index (χ1v) is 8.68. The maximum atomic E-state index is 12.0. The number of hydrogen-bond acceptors (Lipinski definition) is 7. The largest absolute Gasteiger partial charge is 0.456 e. The summed E-state index contributed by atoms with van der Waals surface area (Å²) in [6.07, 6.45) is 0.904. The highest BCUT2D eigenvalue weighted by atomic mass is 32.1. The lowest BCUT2D eigenvalue weighted by Gasteiger charge is -2.04. The molecule has 0 saturated carbocycles. The molecule has 1 aromatic carbocycles. The van der Waals surface area contributed by atoms with Gasteiger partial charge in [-0.2, -0.15) is 16.1 Å². The van der Waals surface area contributed by atoms with Crippen molar-refractivity contribution in [1.29, 1.82) is 0 Å². The summed E-state index contributed by atoms with van der Waals surface area (Å²) in [6, 6.07) is 9.12. The van der Waals surface area contributed by atoms with Crippen molar-refractivity contribution in [2.45, 2.75) is 19.9 Å². The lowest BCUT2D eigenvalue weighted by molar-refractivity contribution is -0.143. The normalized spacial score (nSPS) is 10.6. The molecule has 128 valence electrons. The number of hydrogen-bond donors (Lipinski definition) is 0. The van der Waals surface area contributed by atoms with Gasteiger partial charge in [-0.1, -0.05) is 31.2 Å². The first-order chi connectivity index (χ1) is 12.2. The second-order valence-electron chi connectivity index (χ2n) is 5.29. The van der Waals surface area contributed by atoms with Gasteiger partial charge in [0.05, 0.1) is 0 Å². The van der Waals surface area contributed by atoms with Gasteiger partial charge in [0.15, 0.2) is 18.9 Å². The summed E-state index contributed by atoms with van der Waals surface area (Å²) in [5, 5.41) is 15.6. The summed E-state index contributed by atoms with van der Waals surface area (Å²) in [5.74, 6) is -0.393. The van der Waals surface area contributed by atoms with Gasteiger partial charge in [0.1, 0.15) is 0 Å². The summed E-state index contributed by atoms with van der Waals surface area (Å²) in [5.41, 5.74) is 2.51. The van der Waals surface area contributed by atoms with Crippen LogP contribution in [0.15, 0.2) is 41.1 Å². The number of tetrazole rings is 1. The van der Waals surface area contributed by atoms with Gasteiger partial charge in [0.2, 0.25) is 5.82 Å². The van der Waals surface area contributed by atoms with Crippen molar-refractivity contribution in [3.63, 3.8) is 0 Å². The van der Waals surface area contributed by atoms with E-state index >= 15 is 0 Å². The van der Waals surface area contributed by atoms with Crippen LogP contribution in [0, 0.1) is 0 Å². The van der Waals surface area contributed by atoms with Gasteiger partial charge >= 0.3 is 5.97 Å². The number of ketones is 1. The number of rotatable bonds is 7. The zero-order valence-electron chi connectivity index (χ0n) is 13.6. The van der Waals surface area contributed by atoms with Crippen LogP contribution in [0.1, 0.15) is 22.8 Å². The van der Waals surface area contributed by atoms with E-state index in [1.54, 1.807) is 12.1 Å². The molecule has 7 nitrogen and oxygen atoms in total. The molecule has 0 atom stereocenters. The maximum Gasteiger partial charge on any atom is 0.330 e. The molecular weight excluding hydrogens is 340 g/mol. The molecule has 25 heavy (non-hydrogen) atoms. The van der Waals surface area contributed by atoms with E-state index in [2.05, 4.69) is 15.4 Å². The fourth-order valence-electron chi connectivity index (χ4n) is 2.13. The van der Waals surface area contributed by atoms with Crippen LogP contribution in [0.5, 0.6) is 0 Å². The molecular formula is C17H16N4O3S. The molecule has 0 N–H and O–H groups in total. The number of ether oxygens (including phenoxy) is 1. The number of esters is 1. The van der Waals surface area contributed by atoms with E-state index < -0.39 is 5.97 Å². The predicted molar refractivity (Wildman–Crippen MR) is 92.2 cm³/mol. The zero-order chi connectivity index (χ0) is 17.6. The number of benzene rings is 1. The van der Waals surface area contributed by atoms with Crippen LogP contribution in [0.4, 0.5) is 0 Å². The van der Waals surface area contributed by atoms with Gasteiger partial charge < -0.3 is 4.74 Å². The molecule has 2 aromatic heterocycles. The third kappa shape index (κ3) is 4.36. The fraction of sp³-hybridized carbons (Fsp3) is 0.235. The van der Waals surface area contributed by atoms with E-state index in [0.717, 1.165) is 22.3 Å². The Hall–Kier alpha value is -2.87. The van der Waals surface area contributed by atoms with Gasteiger partial charge in [-0.15, -0.1) is 10.2 Å². The Labute approximate surface area is 148 Å². The standard InChI is InChI=1S/C17H16N4O3S/c1-2-12-3-5-13(6-4-12)15(22)10-24-16(23)9-21-19-17(18-20-21)14-7-8-25-11-14/h3-8,11H,2,9-10H2,1H3. The molecule has 0 spiro atoms. The first kappa shape index (κ1) is 17.0. The molecule has 3 aromatic rings. The number of nitrogens with zero attached hydrogens (tertiary/aromatic N) is 4. The fourth-order valence-corrected chi connectivity index (χ4v) is 2.77. The van der Waals surface area contributed by atoms with Crippen molar-refractivity contribution in [3.8, 4) is 11.4 Å². The quantitative estimate of drug-likeness (QED) is 0.477. The SMILES string of the molecule is CCc1ccc(C(=O)COC(=O)Cn2nnc(-c3ccsc3)n2)cc1. The van der Waals surface area contributed by atoms with Crippen molar-refractivity contribution >= 4 is 23.1 Å². The number of carbonyl (C=O) groups is 2. The molecule has 0 fully saturated rings. The highest BCUT2D eigenvalue weighted by Gasteiger charge is 2.13. The molecule has 2 heterocycles.